The largest absolute Gasteiger partial charge is 0.378 e. The fraction of sp³-hybridized carbons (Fsp3) is 0.222. The average Bonchev–Trinajstić information content (AvgIpc) is 2.62. The number of anilines is 1. The Balaban J connectivity index is 1.78. The number of hydrogen-bond acceptors (Lipinski definition) is 4. The van der Waals surface area contributed by atoms with Gasteiger partial charge in [-0.05, 0) is 23.3 Å². The molecule has 4 heteroatoms. The Morgan fingerprint density at radius 1 is 0.909 bits per heavy atom. The molecule has 0 amide bonds. The van der Waals surface area contributed by atoms with E-state index >= 15 is 0 Å². The molecular formula is C18H17N3O. The first-order valence-corrected chi connectivity index (χ1v) is 7.55. The zero-order valence-electron chi connectivity index (χ0n) is 12.3. The van der Waals surface area contributed by atoms with Gasteiger partial charge in [0.2, 0.25) is 0 Å². The number of ether oxygens (including phenoxy) is 1. The lowest BCUT2D eigenvalue weighted by molar-refractivity contribution is 0.122. The molecule has 1 fully saturated rings. The zero-order chi connectivity index (χ0) is 14.8. The van der Waals surface area contributed by atoms with E-state index in [2.05, 4.69) is 57.6 Å². The standard InChI is InChI=1S/C18H17N3O/c1-2-4-14(5-3-1)15-6-7-17-16(12-15)13-19-20-18(17)21-8-10-22-11-9-21/h1-7,12-13H,8-11H2. The highest BCUT2D eigenvalue weighted by Gasteiger charge is 2.15. The summed E-state index contributed by atoms with van der Waals surface area (Å²) in [6.45, 7) is 3.24. The van der Waals surface area contributed by atoms with E-state index in [0.717, 1.165) is 42.9 Å². The van der Waals surface area contributed by atoms with Gasteiger partial charge in [0, 0.05) is 23.9 Å². The van der Waals surface area contributed by atoms with E-state index in [-0.39, 0.29) is 0 Å². The minimum atomic E-state index is 0.750. The fourth-order valence-corrected chi connectivity index (χ4v) is 2.89. The molecule has 2 aromatic carbocycles. The Morgan fingerprint density at radius 3 is 2.55 bits per heavy atom. The summed E-state index contributed by atoms with van der Waals surface area (Å²) in [5.74, 6) is 0.959. The van der Waals surface area contributed by atoms with Gasteiger partial charge in [-0.2, -0.15) is 5.10 Å². The number of fused-ring (bicyclic) bond motifs is 1. The van der Waals surface area contributed by atoms with E-state index in [4.69, 9.17) is 4.74 Å². The monoisotopic (exact) mass is 291 g/mol. The number of nitrogens with zero attached hydrogens (tertiary/aromatic N) is 3. The van der Waals surface area contributed by atoms with Gasteiger partial charge >= 0.3 is 0 Å². The normalized spacial score (nSPS) is 15.2. The first-order valence-electron chi connectivity index (χ1n) is 7.55. The van der Waals surface area contributed by atoms with E-state index < -0.39 is 0 Å². The van der Waals surface area contributed by atoms with Crippen molar-refractivity contribution in [2.45, 2.75) is 0 Å². The molecule has 0 unspecified atom stereocenters. The predicted molar refractivity (Wildman–Crippen MR) is 88.0 cm³/mol. The van der Waals surface area contributed by atoms with Gasteiger partial charge in [0.15, 0.2) is 5.82 Å². The molecule has 0 aliphatic carbocycles. The van der Waals surface area contributed by atoms with Crippen molar-refractivity contribution in [2.75, 3.05) is 31.2 Å². The minimum Gasteiger partial charge on any atom is -0.378 e. The second-order valence-corrected chi connectivity index (χ2v) is 5.44. The summed E-state index contributed by atoms with van der Waals surface area (Å²) >= 11 is 0. The lowest BCUT2D eigenvalue weighted by atomic mass is 10.0. The molecule has 3 aromatic rings. The van der Waals surface area contributed by atoms with Crippen molar-refractivity contribution in [1.29, 1.82) is 0 Å². The van der Waals surface area contributed by atoms with Crippen molar-refractivity contribution < 1.29 is 4.74 Å². The predicted octanol–water partition coefficient (Wildman–Crippen LogP) is 3.13. The third-order valence-corrected chi connectivity index (χ3v) is 4.06. The van der Waals surface area contributed by atoms with Gasteiger partial charge < -0.3 is 9.64 Å². The first-order chi connectivity index (χ1) is 10.9. The molecule has 0 N–H and O–H groups in total. The quantitative estimate of drug-likeness (QED) is 0.727. The summed E-state index contributed by atoms with van der Waals surface area (Å²) in [5.41, 5.74) is 2.42. The molecule has 1 aliphatic heterocycles. The van der Waals surface area contributed by atoms with Crippen molar-refractivity contribution >= 4 is 16.6 Å². The molecule has 1 aliphatic rings. The molecule has 1 aromatic heterocycles. The molecule has 1 saturated heterocycles. The van der Waals surface area contributed by atoms with Crippen LogP contribution in [0.25, 0.3) is 21.9 Å². The summed E-state index contributed by atoms with van der Waals surface area (Å²) in [5, 5.41) is 10.8. The maximum absolute atomic E-state index is 5.42. The van der Waals surface area contributed by atoms with Gasteiger partial charge in [0.05, 0.1) is 19.4 Å². The highest BCUT2D eigenvalue weighted by molar-refractivity contribution is 5.94. The highest BCUT2D eigenvalue weighted by atomic mass is 16.5. The van der Waals surface area contributed by atoms with Crippen molar-refractivity contribution in [3.05, 3.63) is 54.7 Å². The number of morpholine rings is 1. The lowest BCUT2D eigenvalue weighted by Crippen LogP contribution is -2.37. The maximum atomic E-state index is 5.42. The Bertz CT molecular complexity index is 783. The number of benzene rings is 2. The van der Waals surface area contributed by atoms with E-state index in [1.807, 2.05) is 12.3 Å². The lowest BCUT2D eigenvalue weighted by Gasteiger charge is -2.28. The minimum absolute atomic E-state index is 0.750. The third-order valence-electron chi connectivity index (χ3n) is 4.06. The Kier molecular flexibility index (Phi) is 3.45. The summed E-state index contributed by atoms with van der Waals surface area (Å²) < 4.78 is 5.42. The smallest absolute Gasteiger partial charge is 0.159 e. The molecule has 110 valence electrons. The third kappa shape index (κ3) is 2.42. The van der Waals surface area contributed by atoms with Crippen molar-refractivity contribution in [2.24, 2.45) is 0 Å². The second-order valence-electron chi connectivity index (χ2n) is 5.44. The Morgan fingerprint density at radius 2 is 1.73 bits per heavy atom. The molecule has 4 nitrogen and oxygen atoms in total. The summed E-state index contributed by atoms with van der Waals surface area (Å²) in [4.78, 5) is 2.25. The molecular weight excluding hydrogens is 274 g/mol. The van der Waals surface area contributed by atoms with Crippen LogP contribution in [0.2, 0.25) is 0 Å². The van der Waals surface area contributed by atoms with Crippen LogP contribution in [0.3, 0.4) is 0 Å². The summed E-state index contributed by atoms with van der Waals surface area (Å²) in [6, 6.07) is 16.9. The van der Waals surface area contributed by atoms with Gasteiger partial charge in [-0.15, -0.1) is 5.10 Å². The summed E-state index contributed by atoms with van der Waals surface area (Å²) in [6.07, 6.45) is 1.84. The molecule has 0 radical (unpaired) electrons. The molecule has 2 heterocycles. The second kappa shape index (κ2) is 5.73. The van der Waals surface area contributed by atoms with E-state index in [1.165, 1.54) is 11.1 Å². The Hall–Kier alpha value is -2.46. The van der Waals surface area contributed by atoms with Crippen LogP contribution < -0.4 is 4.90 Å². The molecule has 22 heavy (non-hydrogen) atoms. The van der Waals surface area contributed by atoms with Gasteiger partial charge in [0.1, 0.15) is 0 Å². The number of aromatic nitrogens is 2. The highest BCUT2D eigenvalue weighted by Crippen LogP contribution is 2.28. The molecule has 4 rings (SSSR count). The molecule has 0 atom stereocenters. The van der Waals surface area contributed by atoms with Crippen molar-refractivity contribution in [1.82, 2.24) is 10.2 Å². The molecule has 0 saturated carbocycles. The molecule has 0 spiro atoms. The Labute approximate surface area is 129 Å². The van der Waals surface area contributed by atoms with Crippen molar-refractivity contribution in [3.63, 3.8) is 0 Å². The van der Waals surface area contributed by atoms with Crippen LogP contribution in [-0.4, -0.2) is 36.5 Å². The first kappa shape index (κ1) is 13.2. The van der Waals surface area contributed by atoms with Crippen molar-refractivity contribution in [3.8, 4) is 11.1 Å². The van der Waals surface area contributed by atoms with Crippen LogP contribution in [0.4, 0.5) is 5.82 Å². The van der Waals surface area contributed by atoms with Crippen LogP contribution in [0.15, 0.2) is 54.7 Å². The van der Waals surface area contributed by atoms with Crippen LogP contribution >= 0.6 is 0 Å². The van der Waals surface area contributed by atoms with Gasteiger partial charge in [-0.3, -0.25) is 0 Å². The van der Waals surface area contributed by atoms with Crippen LogP contribution in [0.1, 0.15) is 0 Å². The fourth-order valence-electron chi connectivity index (χ4n) is 2.89. The zero-order valence-corrected chi connectivity index (χ0v) is 12.3. The topological polar surface area (TPSA) is 38.2 Å². The van der Waals surface area contributed by atoms with Gasteiger partial charge in [-0.1, -0.05) is 36.4 Å². The van der Waals surface area contributed by atoms with E-state index in [0.29, 0.717) is 0 Å². The van der Waals surface area contributed by atoms with Gasteiger partial charge in [0.25, 0.3) is 0 Å². The van der Waals surface area contributed by atoms with Crippen LogP contribution in [0, 0.1) is 0 Å². The number of hydrogen-bond donors (Lipinski definition) is 0. The average molecular weight is 291 g/mol. The number of rotatable bonds is 2. The SMILES string of the molecule is c1ccc(-c2ccc3c(N4CCOCC4)nncc3c2)cc1. The maximum Gasteiger partial charge on any atom is 0.159 e. The van der Waals surface area contributed by atoms with Crippen LogP contribution in [-0.2, 0) is 4.74 Å². The molecule has 0 bridgehead atoms. The van der Waals surface area contributed by atoms with Gasteiger partial charge in [-0.25, -0.2) is 0 Å². The van der Waals surface area contributed by atoms with E-state index in [1.54, 1.807) is 0 Å². The summed E-state index contributed by atoms with van der Waals surface area (Å²) in [7, 11) is 0. The van der Waals surface area contributed by atoms with E-state index in [9.17, 15) is 0 Å². The van der Waals surface area contributed by atoms with Crippen LogP contribution in [0.5, 0.6) is 0 Å².